The number of rotatable bonds is 3. The van der Waals surface area contributed by atoms with Gasteiger partial charge in [-0.1, -0.05) is 23.8 Å². The van der Waals surface area contributed by atoms with E-state index in [9.17, 15) is 14.7 Å². The molecule has 6 atom stereocenters. The van der Waals surface area contributed by atoms with E-state index in [2.05, 4.69) is 11.4 Å². The van der Waals surface area contributed by atoms with E-state index >= 15 is 0 Å². The summed E-state index contributed by atoms with van der Waals surface area (Å²) in [6.45, 7) is 0. The van der Waals surface area contributed by atoms with Gasteiger partial charge in [-0.15, -0.1) is 0 Å². The quantitative estimate of drug-likeness (QED) is 0.842. The molecule has 1 aromatic rings. The summed E-state index contributed by atoms with van der Waals surface area (Å²) in [6, 6.07) is 6.87. The SMILES string of the molecule is O=C(O)[C@H]1[C@@H]2C=C[C@@H]([C@H]3C[C@H]23)[C@@H]1C(=O)Nc1ccc(Cl)cc1. The Labute approximate surface area is 133 Å². The van der Waals surface area contributed by atoms with E-state index in [4.69, 9.17) is 11.6 Å². The summed E-state index contributed by atoms with van der Waals surface area (Å²) in [5.41, 5.74) is 0.649. The van der Waals surface area contributed by atoms with Crippen molar-refractivity contribution in [2.75, 3.05) is 5.32 Å². The molecule has 0 heterocycles. The van der Waals surface area contributed by atoms with E-state index in [0.717, 1.165) is 6.42 Å². The highest BCUT2D eigenvalue weighted by atomic mass is 35.5. The van der Waals surface area contributed by atoms with Gasteiger partial charge in [-0.05, 0) is 54.4 Å². The summed E-state index contributed by atoms with van der Waals surface area (Å²) in [5.74, 6) is -1.11. The summed E-state index contributed by atoms with van der Waals surface area (Å²) in [6.07, 6.45) is 5.13. The molecule has 22 heavy (non-hydrogen) atoms. The molecule has 0 aliphatic heterocycles. The first-order valence-corrected chi connectivity index (χ1v) is 7.91. The number of allylic oxidation sites excluding steroid dienone is 2. The number of aliphatic carboxylic acids is 1. The van der Waals surface area contributed by atoms with Gasteiger partial charge in [0.1, 0.15) is 0 Å². The molecule has 4 aliphatic carbocycles. The summed E-state index contributed by atoms with van der Waals surface area (Å²) in [4.78, 5) is 24.4. The predicted octanol–water partition coefficient (Wildman–Crippen LogP) is 3.05. The lowest BCUT2D eigenvalue weighted by Gasteiger charge is -2.41. The number of carboxylic acid groups (broad SMARTS) is 1. The highest BCUT2D eigenvalue weighted by Gasteiger charge is 2.62. The largest absolute Gasteiger partial charge is 0.481 e. The van der Waals surface area contributed by atoms with Gasteiger partial charge in [0.05, 0.1) is 11.8 Å². The minimum Gasteiger partial charge on any atom is -0.481 e. The standard InChI is InChI=1S/C17H16ClNO3/c18-8-1-3-9(4-2-8)19-16(20)14-10-5-6-11(13-7-12(10)13)15(14)17(21)22/h1-6,10-15H,7H2,(H,19,20)(H,21,22)/t10-,11+,12+,13+,14-,15-/m0/s1. The van der Waals surface area contributed by atoms with E-state index in [1.807, 2.05) is 6.08 Å². The molecule has 2 bridgehead atoms. The van der Waals surface area contributed by atoms with Gasteiger partial charge in [0.25, 0.3) is 0 Å². The zero-order chi connectivity index (χ0) is 15.4. The Morgan fingerprint density at radius 2 is 1.64 bits per heavy atom. The van der Waals surface area contributed by atoms with Gasteiger partial charge in [-0.25, -0.2) is 0 Å². The summed E-state index contributed by atoms with van der Waals surface area (Å²) < 4.78 is 0. The summed E-state index contributed by atoms with van der Waals surface area (Å²) in [7, 11) is 0. The Hall–Kier alpha value is -1.81. The first-order chi connectivity index (χ1) is 10.6. The fraction of sp³-hybridized carbons (Fsp3) is 0.412. The normalized spacial score (nSPS) is 37.5. The maximum Gasteiger partial charge on any atom is 0.307 e. The van der Waals surface area contributed by atoms with Crippen molar-refractivity contribution in [3.8, 4) is 0 Å². The van der Waals surface area contributed by atoms with Crippen molar-refractivity contribution in [2.45, 2.75) is 6.42 Å². The molecular formula is C17H16ClNO3. The highest BCUT2D eigenvalue weighted by molar-refractivity contribution is 6.30. The van der Waals surface area contributed by atoms with Crippen molar-refractivity contribution in [3.05, 3.63) is 41.4 Å². The molecule has 5 heteroatoms. The molecule has 1 amide bonds. The molecule has 4 aliphatic rings. The topological polar surface area (TPSA) is 66.4 Å². The lowest BCUT2D eigenvalue weighted by atomic mass is 9.62. The smallest absolute Gasteiger partial charge is 0.307 e. The average molecular weight is 318 g/mol. The Bertz CT molecular complexity index is 669. The predicted molar refractivity (Wildman–Crippen MR) is 82.4 cm³/mol. The summed E-state index contributed by atoms with van der Waals surface area (Å²) in [5, 5.41) is 13.0. The fourth-order valence-corrected chi connectivity index (χ4v) is 4.45. The van der Waals surface area contributed by atoms with E-state index in [1.54, 1.807) is 24.3 Å². The van der Waals surface area contributed by atoms with Gasteiger partial charge in [0.2, 0.25) is 5.91 Å². The number of benzene rings is 1. The number of amides is 1. The van der Waals surface area contributed by atoms with E-state index in [0.29, 0.717) is 22.5 Å². The molecule has 1 aromatic carbocycles. The average Bonchev–Trinajstić information content (AvgIpc) is 3.30. The first-order valence-electron chi connectivity index (χ1n) is 7.54. The Balaban J connectivity index is 1.60. The number of nitrogens with one attached hydrogen (secondary N) is 1. The van der Waals surface area contributed by atoms with Crippen LogP contribution in [0.25, 0.3) is 0 Å². The monoisotopic (exact) mass is 317 g/mol. The van der Waals surface area contributed by atoms with Gasteiger partial charge >= 0.3 is 5.97 Å². The van der Waals surface area contributed by atoms with Crippen LogP contribution >= 0.6 is 11.6 Å². The van der Waals surface area contributed by atoms with Gasteiger partial charge in [-0.2, -0.15) is 0 Å². The second-order valence-corrected chi connectivity index (χ2v) is 6.93. The number of hydrogen-bond donors (Lipinski definition) is 2. The van der Waals surface area contributed by atoms with Gasteiger partial charge in [0, 0.05) is 10.7 Å². The number of fused-ring (bicyclic) bond motifs is 1. The van der Waals surface area contributed by atoms with Crippen LogP contribution in [0, 0.1) is 35.5 Å². The molecule has 0 spiro atoms. The molecule has 5 rings (SSSR count). The van der Waals surface area contributed by atoms with Crippen molar-refractivity contribution in [1.82, 2.24) is 0 Å². The molecular weight excluding hydrogens is 302 g/mol. The van der Waals surface area contributed by atoms with Crippen LogP contribution in [0.5, 0.6) is 0 Å². The molecule has 2 saturated carbocycles. The number of hydrogen-bond acceptors (Lipinski definition) is 2. The second-order valence-electron chi connectivity index (χ2n) is 6.49. The van der Waals surface area contributed by atoms with Crippen LogP contribution in [-0.2, 0) is 9.59 Å². The Morgan fingerprint density at radius 1 is 1.05 bits per heavy atom. The Morgan fingerprint density at radius 3 is 2.23 bits per heavy atom. The van der Waals surface area contributed by atoms with E-state index in [-0.39, 0.29) is 17.7 Å². The minimum absolute atomic E-state index is 0.00784. The van der Waals surface area contributed by atoms with Crippen molar-refractivity contribution in [2.24, 2.45) is 35.5 Å². The molecule has 114 valence electrons. The lowest BCUT2D eigenvalue weighted by molar-refractivity contribution is -0.152. The van der Waals surface area contributed by atoms with Crippen LogP contribution in [0.1, 0.15) is 6.42 Å². The fourth-order valence-electron chi connectivity index (χ4n) is 4.33. The van der Waals surface area contributed by atoms with E-state index in [1.165, 1.54) is 0 Å². The minimum atomic E-state index is -0.860. The third-order valence-electron chi connectivity index (χ3n) is 5.35. The Kier molecular flexibility index (Phi) is 3.05. The molecule has 0 unspecified atom stereocenters. The first kappa shape index (κ1) is 13.8. The molecule has 2 N–H and O–H groups in total. The van der Waals surface area contributed by atoms with Crippen molar-refractivity contribution in [3.63, 3.8) is 0 Å². The number of halogens is 1. The van der Waals surface area contributed by atoms with Crippen LogP contribution in [0.2, 0.25) is 5.02 Å². The van der Waals surface area contributed by atoms with Crippen molar-refractivity contribution >= 4 is 29.2 Å². The second kappa shape index (κ2) is 4.85. The zero-order valence-electron chi connectivity index (χ0n) is 11.8. The maximum atomic E-state index is 12.7. The third-order valence-corrected chi connectivity index (χ3v) is 5.60. The molecule has 0 saturated heterocycles. The maximum absolute atomic E-state index is 12.7. The molecule has 2 fully saturated rings. The lowest BCUT2D eigenvalue weighted by Crippen LogP contribution is -2.48. The van der Waals surface area contributed by atoms with E-state index < -0.39 is 17.8 Å². The van der Waals surface area contributed by atoms with Gasteiger partial charge in [-0.3, -0.25) is 9.59 Å². The number of carbonyl (C=O) groups excluding carboxylic acids is 1. The van der Waals surface area contributed by atoms with Crippen LogP contribution in [-0.4, -0.2) is 17.0 Å². The van der Waals surface area contributed by atoms with Crippen LogP contribution < -0.4 is 5.32 Å². The van der Waals surface area contributed by atoms with Crippen molar-refractivity contribution in [1.29, 1.82) is 0 Å². The molecule has 0 radical (unpaired) electrons. The zero-order valence-corrected chi connectivity index (χ0v) is 12.5. The van der Waals surface area contributed by atoms with Crippen molar-refractivity contribution < 1.29 is 14.7 Å². The molecule has 4 nitrogen and oxygen atoms in total. The number of carbonyl (C=O) groups is 2. The summed E-state index contributed by atoms with van der Waals surface area (Å²) >= 11 is 5.84. The van der Waals surface area contributed by atoms with Crippen LogP contribution in [0.4, 0.5) is 5.69 Å². The third kappa shape index (κ3) is 2.05. The number of carboxylic acids is 1. The van der Waals surface area contributed by atoms with Crippen LogP contribution in [0.3, 0.4) is 0 Å². The molecule has 0 aromatic heterocycles. The number of anilines is 1. The van der Waals surface area contributed by atoms with Crippen LogP contribution in [0.15, 0.2) is 36.4 Å². The van der Waals surface area contributed by atoms with Gasteiger partial charge < -0.3 is 10.4 Å². The van der Waals surface area contributed by atoms with Gasteiger partial charge in [0.15, 0.2) is 0 Å². The highest BCUT2D eigenvalue weighted by Crippen LogP contribution is 2.63.